The summed E-state index contributed by atoms with van der Waals surface area (Å²) in [6, 6.07) is 10.5. The standard InChI is InChI=1S/C22H23N3O4S/c1-15-13-19(14-20(26)24(15)2)28-18-7-10-25(11-8-18)21(27)16-3-5-17(6-4-16)29-22-23-9-12-30-22/h3-6,9,12-14,18H,7-8,10-11H2,1-2H3. The van der Waals surface area contributed by atoms with Gasteiger partial charge in [-0.05, 0) is 37.3 Å². The Morgan fingerprint density at radius 3 is 2.50 bits per heavy atom. The van der Waals surface area contributed by atoms with Gasteiger partial charge in [0.1, 0.15) is 17.6 Å². The first-order valence-corrected chi connectivity index (χ1v) is 10.7. The Bertz CT molecular complexity index is 1070. The molecule has 30 heavy (non-hydrogen) atoms. The third-order valence-corrected chi connectivity index (χ3v) is 5.87. The van der Waals surface area contributed by atoms with Crippen molar-refractivity contribution in [2.24, 2.45) is 7.05 Å². The van der Waals surface area contributed by atoms with E-state index in [0.29, 0.717) is 35.3 Å². The number of aromatic nitrogens is 2. The van der Waals surface area contributed by atoms with Gasteiger partial charge in [-0.1, -0.05) is 11.3 Å². The Hall–Kier alpha value is -3.13. The lowest BCUT2D eigenvalue weighted by Crippen LogP contribution is -2.41. The van der Waals surface area contributed by atoms with Gasteiger partial charge in [0, 0.05) is 61.9 Å². The van der Waals surface area contributed by atoms with E-state index in [4.69, 9.17) is 9.47 Å². The van der Waals surface area contributed by atoms with Gasteiger partial charge in [-0.2, -0.15) is 0 Å². The zero-order valence-electron chi connectivity index (χ0n) is 16.9. The lowest BCUT2D eigenvalue weighted by molar-refractivity contribution is 0.0595. The Labute approximate surface area is 178 Å². The van der Waals surface area contributed by atoms with Crippen LogP contribution in [-0.4, -0.2) is 39.6 Å². The summed E-state index contributed by atoms with van der Waals surface area (Å²) in [5.41, 5.74) is 1.40. The Balaban J connectivity index is 1.32. The second-order valence-corrected chi connectivity index (χ2v) is 8.12. The largest absolute Gasteiger partial charge is 0.490 e. The normalized spacial score (nSPS) is 14.5. The summed E-state index contributed by atoms with van der Waals surface area (Å²) in [4.78, 5) is 30.7. The molecule has 0 unspecified atom stereocenters. The number of amides is 1. The van der Waals surface area contributed by atoms with Crippen LogP contribution in [0.15, 0.2) is 52.8 Å². The average molecular weight is 426 g/mol. The minimum absolute atomic E-state index is 0.00123. The molecule has 1 aliphatic heterocycles. The average Bonchev–Trinajstić information content (AvgIpc) is 3.26. The van der Waals surface area contributed by atoms with E-state index in [1.807, 2.05) is 23.3 Å². The smallest absolute Gasteiger partial charge is 0.278 e. The quantitative estimate of drug-likeness (QED) is 0.624. The third-order valence-electron chi connectivity index (χ3n) is 5.22. The highest BCUT2D eigenvalue weighted by Crippen LogP contribution is 2.24. The number of hydrogen-bond acceptors (Lipinski definition) is 6. The van der Waals surface area contributed by atoms with E-state index < -0.39 is 0 Å². The van der Waals surface area contributed by atoms with E-state index in [9.17, 15) is 9.59 Å². The molecule has 0 spiro atoms. The van der Waals surface area contributed by atoms with Gasteiger partial charge in [-0.3, -0.25) is 9.59 Å². The van der Waals surface area contributed by atoms with Crippen molar-refractivity contribution in [2.45, 2.75) is 25.9 Å². The van der Waals surface area contributed by atoms with Crippen LogP contribution < -0.4 is 15.0 Å². The van der Waals surface area contributed by atoms with Crippen molar-refractivity contribution in [3.05, 3.63) is 69.6 Å². The molecule has 3 heterocycles. The van der Waals surface area contributed by atoms with Crippen molar-refractivity contribution in [1.29, 1.82) is 0 Å². The van der Waals surface area contributed by atoms with Crippen molar-refractivity contribution in [3.8, 4) is 16.7 Å². The molecular weight excluding hydrogens is 402 g/mol. The molecule has 0 bridgehead atoms. The maximum absolute atomic E-state index is 12.8. The number of carbonyl (C=O) groups is 1. The SMILES string of the molecule is Cc1cc(OC2CCN(C(=O)c3ccc(Oc4nccs4)cc3)CC2)cc(=O)n1C. The van der Waals surface area contributed by atoms with E-state index in [0.717, 1.165) is 18.5 Å². The predicted octanol–water partition coefficient (Wildman–Crippen LogP) is 3.63. The zero-order valence-corrected chi connectivity index (χ0v) is 17.7. The van der Waals surface area contributed by atoms with Crippen molar-refractivity contribution >= 4 is 17.2 Å². The molecule has 0 N–H and O–H groups in total. The number of hydrogen-bond donors (Lipinski definition) is 0. The van der Waals surface area contributed by atoms with Gasteiger partial charge in [-0.15, -0.1) is 0 Å². The first-order chi connectivity index (χ1) is 14.5. The number of rotatable bonds is 5. The van der Waals surface area contributed by atoms with Gasteiger partial charge in [0.15, 0.2) is 0 Å². The highest BCUT2D eigenvalue weighted by molar-refractivity contribution is 7.11. The van der Waals surface area contributed by atoms with Crippen LogP contribution in [0, 0.1) is 6.92 Å². The summed E-state index contributed by atoms with van der Waals surface area (Å²) in [5, 5.41) is 2.42. The number of likely N-dealkylation sites (tertiary alicyclic amines) is 1. The molecule has 0 saturated carbocycles. The van der Waals surface area contributed by atoms with Gasteiger partial charge in [0.05, 0.1) is 0 Å². The summed E-state index contributed by atoms with van der Waals surface area (Å²) in [5.74, 6) is 1.24. The molecule has 4 rings (SSSR count). The molecule has 1 amide bonds. The van der Waals surface area contributed by atoms with Gasteiger partial charge < -0.3 is 18.9 Å². The van der Waals surface area contributed by atoms with Crippen LogP contribution in [0.5, 0.6) is 16.7 Å². The maximum Gasteiger partial charge on any atom is 0.278 e. The number of ether oxygens (including phenoxy) is 2. The number of carbonyl (C=O) groups excluding carboxylic acids is 1. The number of thiazole rings is 1. The lowest BCUT2D eigenvalue weighted by Gasteiger charge is -2.32. The predicted molar refractivity (Wildman–Crippen MR) is 115 cm³/mol. The summed E-state index contributed by atoms with van der Waals surface area (Å²) in [6.07, 6.45) is 3.13. The maximum atomic E-state index is 12.8. The summed E-state index contributed by atoms with van der Waals surface area (Å²) < 4.78 is 13.2. The van der Waals surface area contributed by atoms with Gasteiger partial charge >= 0.3 is 0 Å². The van der Waals surface area contributed by atoms with Gasteiger partial charge in [0.25, 0.3) is 16.7 Å². The van der Waals surface area contributed by atoms with Crippen LogP contribution in [0.2, 0.25) is 0 Å². The van der Waals surface area contributed by atoms with E-state index in [1.165, 1.54) is 17.4 Å². The van der Waals surface area contributed by atoms with Crippen molar-refractivity contribution in [1.82, 2.24) is 14.5 Å². The van der Waals surface area contributed by atoms with Crippen LogP contribution in [0.3, 0.4) is 0 Å². The molecule has 1 fully saturated rings. The molecule has 8 heteroatoms. The summed E-state index contributed by atoms with van der Waals surface area (Å²) in [6.45, 7) is 3.11. The fraction of sp³-hybridized carbons (Fsp3) is 0.318. The molecule has 156 valence electrons. The van der Waals surface area contributed by atoms with Crippen molar-refractivity contribution in [3.63, 3.8) is 0 Å². The molecule has 1 aromatic carbocycles. The fourth-order valence-corrected chi connectivity index (χ4v) is 3.89. The fourth-order valence-electron chi connectivity index (χ4n) is 3.38. The van der Waals surface area contributed by atoms with E-state index in [1.54, 1.807) is 42.1 Å². The molecular formula is C22H23N3O4S. The van der Waals surface area contributed by atoms with Crippen molar-refractivity contribution in [2.75, 3.05) is 13.1 Å². The van der Waals surface area contributed by atoms with Crippen molar-refractivity contribution < 1.29 is 14.3 Å². The van der Waals surface area contributed by atoms with Gasteiger partial charge in [0.2, 0.25) is 0 Å². The first-order valence-electron chi connectivity index (χ1n) is 9.80. The van der Waals surface area contributed by atoms with Crippen LogP contribution in [0.25, 0.3) is 0 Å². The third kappa shape index (κ3) is 4.54. The molecule has 0 radical (unpaired) electrons. The topological polar surface area (TPSA) is 73.7 Å². The number of aryl methyl sites for hydroxylation is 1. The van der Waals surface area contributed by atoms with Crippen LogP contribution in [0.4, 0.5) is 0 Å². The molecule has 7 nitrogen and oxygen atoms in total. The summed E-state index contributed by atoms with van der Waals surface area (Å²) >= 11 is 1.41. The molecule has 2 aromatic heterocycles. The Morgan fingerprint density at radius 2 is 1.87 bits per heavy atom. The second kappa shape index (κ2) is 8.71. The van der Waals surface area contributed by atoms with Crippen LogP contribution in [-0.2, 0) is 7.05 Å². The Morgan fingerprint density at radius 1 is 1.13 bits per heavy atom. The lowest BCUT2D eigenvalue weighted by atomic mass is 10.1. The summed E-state index contributed by atoms with van der Waals surface area (Å²) in [7, 11) is 1.74. The molecule has 0 aliphatic carbocycles. The first kappa shape index (κ1) is 20.2. The van der Waals surface area contributed by atoms with E-state index in [2.05, 4.69) is 4.98 Å². The number of piperidine rings is 1. The van der Waals surface area contributed by atoms with Crippen LogP contribution in [0.1, 0.15) is 28.9 Å². The molecule has 1 aliphatic rings. The highest BCUT2D eigenvalue weighted by Gasteiger charge is 2.25. The monoisotopic (exact) mass is 425 g/mol. The number of nitrogens with zero attached hydrogens (tertiary/aromatic N) is 3. The van der Waals surface area contributed by atoms with E-state index >= 15 is 0 Å². The molecule has 3 aromatic rings. The zero-order chi connectivity index (χ0) is 21.1. The van der Waals surface area contributed by atoms with Gasteiger partial charge in [-0.25, -0.2) is 4.98 Å². The molecule has 0 atom stereocenters. The van der Waals surface area contributed by atoms with E-state index in [-0.39, 0.29) is 17.6 Å². The molecule has 1 saturated heterocycles. The second-order valence-electron chi connectivity index (χ2n) is 7.26. The Kier molecular flexibility index (Phi) is 5.85. The minimum Gasteiger partial charge on any atom is -0.490 e. The number of pyridine rings is 1. The minimum atomic E-state index is -0.0834. The number of benzene rings is 1. The highest BCUT2D eigenvalue weighted by atomic mass is 32.1. The van der Waals surface area contributed by atoms with Crippen LogP contribution >= 0.6 is 11.3 Å².